The average molecular weight is 373 g/mol. The highest BCUT2D eigenvalue weighted by atomic mass is 16.5. The summed E-state index contributed by atoms with van der Waals surface area (Å²) in [6.07, 6.45) is 31.0. The lowest BCUT2D eigenvalue weighted by atomic mass is 10.0. The van der Waals surface area contributed by atoms with Gasteiger partial charge in [0.25, 0.3) is 0 Å². The summed E-state index contributed by atoms with van der Waals surface area (Å²) < 4.78 is 5.24. The molecule has 0 aromatic heterocycles. The lowest BCUT2D eigenvalue weighted by Gasteiger charge is -2.13. The van der Waals surface area contributed by atoms with Gasteiger partial charge in [0.05, 0.1) is 6.61 Å². The molecule has 0 amide bonds. The minimum atomic E-state index is -0.0941. The van der Waals surface area contributed by atoms with E-state index >= 15 is 0 Å². The largest absolute Gasteiger partial charge is 0.465 e. The number of rotatable bonds is 16. The minimum Gasteiger partial charge on any atom is -0.465 e. The predicted molar refractivity (Wildman–Crippen MR) is 119 cm³/mol. The first-order valence-corrected chi connectivity index (χ1v) is 10.6. The monoisotopic (exact) mass is 372 g/mol. The highest BCUT2D eigenvalue weighted by Crippen LogP contribution is 2.12. The summed E-state index contributed by atoms with van der Waals surface area (Å²) in [5.74, 6) is 0.380. The third-order valence-electron chi connectivity index (χ3n) is 4.25. The van der Waals surface area contributed by atoms with Crippen molar-refractivity contribution in [3.05, 3.63) is 60.8 Å². The van der Waals surface area contributed by atoms with Crippen LogP contribution >= 0.6 is 0 Å². The van der Waals surface area contributed by atoms with E-state index in [0.717, 1.165) is 51.4 Å². The van der Waals surface area contributed by atoms with E-state index in [1.54, 1.807) is 0 Å². The van der Waals surface area contributed by atoms with Gasteiger partial charge in [-0.1, -0.05) is 88.0 Å². The van der Waals surface area contributed by atoms with E-state index in [9.17, 15) is 4.79 Å². The highest BCUT2D eigenvalue weighted by molar-refractivity contribution is 5.68. The van der Waals surface area contributed by atoms with Crippen LogP contribution in [0.15, 0.2) is 60.8 Å². The second-order valence-electron chi connectivity index (χ2n) is 6.60. The van der Waals surface area contributed by atoms with Crippen molar-refractivity contribution < 1.29 is 9.53 Å². The van der Waals surface area contributed by atoms with Crippen LogP contribution in [0.1, 0.15) is 78.6 Å². The van der Waals surface area contributed by atoms with Crippen molar-refractivity contribution in [1.82, 2.24) is 0 Å². The molecule has 2 nitrogen and oxygen atoms in total. The topological polar surface area (TPSA) is 26.3 Å². The second kappa shape index (κ2) is 20.5. The Balaban J connectivity index is 3.67. The van der Waals surface area contributed by atoms with Gasteiger partial charge in [-0.15, -0.1) is 0 Å². The fraction of sp³-hybridized carbons (Fsp3) is 0.560. The normalized spacial score (nSPS) is 13.7. The molecule has 0 spiro atoms. The maximum Gasteiger partial charge on any atom is 0.305 e. The van der Waals surface area contributed by atoms with Crippen molar-refractivity contribution in [2.45, 2.75) is 78.6 Å². The van der Waals surface area contributed by atoms with Crippen LogP contribution in [0, 0.1) is 5.92 Å². The van der Waals surface area contributed by atoms with Gasteiger partial charge in [-0.25, -0.2) is 0 Å². The van der Waals surface area contributed by atoms with Gasteiger partial charge in [0.2, 0.25) is 0 Å². The lowest BCUT2D eigenvalue weighted by molar-refractivity contribution is -0.144. The van der Waals surface area contributed by atoms with Crippen LogP contribution in [-0.4, -0.2) is 12.6 Å². The molecule has 1 atom stereocenters. The van der Waals surface area contributed by atoms with E-state index in [0.29, 0.717) is 18.9 Å². The van der Waals surface area contributed by atoms with Crippen LogP contribution < -0.4 is 0 Å². The summed E-state index contributed by atoms with van der Waals surface area (Å²) in [7, 11) is 0. The molecule has 0 N–H and O–H groups in total. The number of ether oxygens (including phenoxy) is 1. The summed E-state index contributed by atoms with van der Waals surface area (Å²) in [5, 5.41) is 0. The van der Waals surface area contributed by atoms with Crippen LogP contribution in [0.2, 0.25) is 0 Å². The molecule has 0 bridgehead atoms. The van der Waals surface area contributed by atoms with Crippen LogP contribution in [0.4, 0.5) is 0 Å². The van der Waals surface area contributed by atoms with Crippen molar-refractivity contribution in [3.63, 3.8) is 0 Å². The van der Waals surface area contributed by atoms with E-state index < -0.39 is 0 Å². The Morgan fingerprint density at radius 2 is 1.22 bits per heavy atom. The molecule has 0 aliphatic carbocycles. The first-order chi connectivity index (χ1) is 13.2. The summed E-state index contributed by atoms with van der Waals surface area (Å²) in [5.41, 5.74) is 0. The van der Waals surface area contributed by atoms with Crippen LogP contribution in [-0.2, 0) is 9.53 Å². The molecule has 2 heteroatoms. The number of hydrogen-bond acceptors (Lipinski definition) is 2. The van der Waals surface area contributed by atoms with Crippen molar-refractivity contribution in [1.29, 1.82) is 0 Å². The van der Waals surface area contributed by atoms with Gasteiger partial charge in [0.1, 0.15) is 0 Å². The zero-order chi connectivity index (χ0) is 20.0. The molecular formula is C25H40O2. The summed E-state index contributed by atoms with van der Waals surface area (Å²) in [6, 6.07) is 0. The van der Waals surface area contributed by atoms with Gasteiger partial charge >= 0.3 is 5.97 Å². The Hall–Kier alpha value is -1.83. The second-order valence-corrected chi connectivity index (χ2v) is 6.60. The molecule has 0 heterocycles. The van der Waals surface area contributed by atoms with E-state index in [2.05, 4.69) is 74.6 Å². The maximum atomic E-state index is 11.2. The fourth-order valence-electron chi connectivity index (χ4n) is 2.42. The molecular weight excluding hydrogens is 332 g/mol. The Kier molecular flexibility index (Phi) is 19.1. The number of allylic oxidation sites excluding steroid dienone is 10. The maximum absolute atomic E-state index is 11.2. The third-order valence-corrected chi connectivity index (χ3v) is 4.25. The highest BCUT2D eigenvalue weighted by Gasteiger charge is 2.08. The van der Waals surface area contributed by atoms with Crippen molar-refractivity contribution in [2.75, 3.05) is 6.61 Å². The number of esters is 1. The number of carbonyl (C=O) groups is 1. The van der Waals surface area contributed by atoms with Gasteiger partial charge in [0.15, 0.2) is 0 Å². The Bertz CT molecular complexity index is 481. The zero-order valence-corrected chi connectivity index (χ0v) is 17.7. The van der Waals surface area contributed by atoms with Gasteiger partial charge in [-0.3, -0.25) is 4.79 Å². The van der Waals surface area contributed by atoms with Crippen molar-refractivity contribution in [3.8, 4) is 0 Å². The van der Waals surface area contributed by atoms with E-state index in [-0.39, 0.29) is 5.97 Å². The SMILES string of the molecule is CC/C=C\C/C=C\C/C=C\C/C=C\C/C=C\CCC(CC)COC(=O)CC. The number of carbonyl (C=O) groups excluding carboxylic acids is 1. The Morgan fingerprint density at radius 1 is 0.741 bits per heavy atom. The molecule has 152 valence electrons. The van der Waals surface area contributed by atoms with E-state index in [1.165, 1.54) is 0 Å². The van der Waals surface area contributed by atoms with Crippen LogP contribution in [0.5, 0.6) is 0 Å². The van der Waals surface area contributed by atoms with E-state index in [1.807, 2.05) is 6.92 Å². The van der Waals surface area contributed by atoms with Gasteiger partial charge in [-0.05, 0) is 50.9 Å². The third kappa shape index (κ3) is 18.8. The molecule has 0 saturated carbocycles. The summed E-state index contributed by atoms with van der Waals surface area (Å²) in [6.45, 7) is 6.71. The fourth-order valence-corrected chi connectivity index (χ4v) is 2.42. The molecule has 0 saturated heterocycles. The van der Waals surface area contributed by atoms with Crippen molar-refractivity contribution >= 4 is 5.97 Å². The Morgan fingerprint density at radius 3 is 1.67 bits per heavy atom. The van der Waals surface area contributed by atoms with Crippen LogP contribution in [0.3, 0.4) is 0 Å². The molecule has 0 aliphatic rings. The molecule has 0 rings (SSSR count). The van der Waals surface area contributed by atoms with Gasteiger partial charge < -0.3 is 4.74 Å². The average Bonchev–Trinajstić information content (AvgIpc) is 2.69. The van der Waals surface area contributed by atoms with E-state index in [4.69, 9.17) is 4.74 Å². The Labute approximate surface area is 167 Å². The quantitative estimate of drug-likeness (QED) is 0.207. The molecule has 1 unspecified atom stereocenters. The lowest BCUT2D eigenvalue weighted by Crippen LogP contribution is -2.12. The van der Waals surface area contributed by atoms with Crippen molar-refractivity contribution in [2.24, 2.45) is 5.92 Å². The predicted octanol–water partition coefficient (Wildman–Crippen LogP) is 7.50. The molecule has 27 heavy (non-hydrogen) atoms. The summed E-state index contributed by atoms with van der Waals surface area (Å²) >= 11 is 0. The molecule has 0 aromatic carbocycles. The standard InChI is InChI=1S/C25H40O2/c1-4-7-8-9-10-11-12-13-14-15-16-17-18-19-20-21-22-24(5-2)23-27-25(26)6-3/h7-8,10-11,13-14,16-17,19-20,24H,4-6,9,12,15,18,21-23H2,1-3H3/b8-7-,11-10-,14-13-,17-16-,20-19-. The molecule has 0 fully saturated rings. The first kappa shape index (κ1) is 25.2. The van der Waals surface area contributed by atoms with Crippen LogP contribution in [0.25, 0.3) is 0 Å². The number of hydrogen-bond donors (Lipinski definition) is 0. The molecule has 0 aliphatic heterocycles. The smallest absolute Gasteiger partial charge is 0.305 e. The summed E-state index contributed by atoms with van der Waals surface area (Å²) in [4.78, 5) is 11.2. The van der Waals surface area contributed by atoms with Gasteiger partial charge in [-0.2, -0.15) is 0 Å². The molecule has 0 aromatic rings. The minimum absolute atomic E-state index is 0.0941. The zero-order valence-electron chi connectivity index (χ0n) is 17.7. The molecule has 0 radical (unpaired) electrons. The van der Waals surface area contributed by atoms with Gasteiger partial charge in [0, 0.05) is 6.42 Å². The first-order valence-electron chi connectivity index (χ1n) is 10.6.